The third kappa shape index (κ3) is 5.33. The molecule has 0 fully saturated rings. The van der Waals surface area contributed by atoms with Gasteiger partial charge in [0.1, 0.15) is 0 Å². The van der Waals surface area contributed by atoms with Gasteiger partial charge in [-0.25, -0.2) is 0 Å². The van der Waals surface area contributed by atoms with Crippen LogP contribution in [0.5, 0.6) is 0 Å². The molecule has 22 heavy (non-hydrogen) atoms. The Balaban J connectivity index is 1.93. The minimum atomic E-state index is 0.439. The Hall–Kier alpha value is -1.56. The number of rotatable bonds is 5. The van der Waals surface area contributed by atoms with Crippen molar-refractivity contribution in [1.82, 2.24) is 0 Å². The number of aryl methyl sites for hydroxylation is 2. The van der Waals surface area contributed by atoms with Crippen LogP contribution < -0.4 is 0 Å². The molecule has 0 bridgehead atoms. The predicted octanol–water partition coefficient (Wildman–Crippen LogP) is 6.67. The zero-order valence-corrected chi connectivity index (χ0v) is 14.8. The quantitative estimate of drug-likeness (QED) is 0.578. The fourth-order valence-corrected chi connectivity index (χ4v) is 3.17. The van der Waals surface area contributed by atoms with Gasteiger partial charge in [0.2, 0.25) is 0 Å². The first-order valence-corrected chi connectivity index (χ1v) is 8.49. The van der Waals surface area contributed by atoms with Gasteiger partial charge in [0, 0.05) is 0 Å². The average molecular weight is 294 g/mol. The normalized spacial score (nSPS) is 13.1. The maximum Gasteiger partial charge on any atom is -0.0184 e. The van der Waals surface area contributed by atoms with Gasteiger partial charge >= 0.3 is 0 Å². The molecule has 1 atom stereocenters. The lowest BCUT2D eigenvalue weighted by molar-refractivity contribution is 0.297. The molecule has 0 aliphatic heterocycles. The molecule has 0 heteroatoms. The van der Waals surface area contributed by atoms with E-state index >= 15 is 0 Å². The summed E-state index contributed by atoms with van der Waals surface area (Å²) in [7, 11) is 0. The molecule has 2 aromatic rings. The van der Waals surface area contributed by atoms with Gasteiger partial charge in [-0.1, -0.05) is 81.8 Å². The molecule has 0 aromatic heterocycles. The molecular formula is C22H30. The lowest BCUT2D eigenvalue weighted by atomic mass is 9.83. The molecular weight excluding hydrogens is 264 g/mol. The standard InChI is InChI=1S/C22H30/c1-17-7-12-20(13-8-17)21-14-10-19(11-15-21)9-6-18(2)16-22(3,4)5/h7-8,10-15,18H,6,9,16H2,1-5H3. The lowest BCUT2D eigenvalue weighted by Crippen LogP contribution is -2.11. The maximum atomic E-state index is 2.38. The minimum Gasteiger partial charge on any atom is -0.0625 e. The zero-order chi connectivity index (χ0) is 16.2. The van der Waals surface area contributed by atoms with E-state index in [4.69, 9.17) is 0 Å². The monoisotopic (exact) mass is 294 g/mol. The van der Waals surface area contributed by atoms with Crippen molar-refractivity contribution in [3.05, 3.63) is 59.7 Å². The highest BCUT2D eigenvalue weighted by atomic mass is 14.2. The smallest absolute Gasteiger partial charge is 0.0184 e. The molecule has 118 valence electrons. The number of hydrogen-bond acceptors (Lipinski definition) is 0. The third-order valence-corrected chi connectivity index (χ3v) is 4.23. The van der Waals surface area contributed by atoms with E-state index in [1.54, 1.807) is 0 Å². The van der Waals surface area contributed by atoms with E-state index in [9.17, 15) is 0 Å². The van der Waals surface area contributed by atoms with Crippen molar-refractivity contribution in [2.24, 2.45) is 11.3 Å². The van der Waals surface area contributed by atoms with E-state index < -0.39 is 0 Å². The highest BCUT2D eigenvalue weighted by Gasteiger charge is 2.15. The number of benzene rings is 2. The van der Waals surface area contributed by atoms with Gasteiger partial charge in [0.25, 0.3) is 0 Å². The molecule has 0 N–H and O–H groups in total. The van der Waals surface area contributed by atoms with Crippen LogP contribution in [0.15, 0.2) is 48.5 Å². The first-order chi connectivity index (χ1) is 10.3. The maximum absolute atomic E-state index is 2.38. The molecule has 2 aromatic carbocycles. The summed E-state index contributed by atoms with van der Waals surface area (Å²) in [6, 6.07) is 17.9. The molecule has 2 rings (SSSR count). The van der Waals surface area contributed by atoms with E-state index in [-0.39, 0.29) is 0 Å². The van der Waals surface area contributed by atoms with Gasteiger partial charge in [0.05, 0.1) is 0 Å². The molecule has 1 unspecified atom stereocenters. The molecule has 0 nitrogen and oxygen atoms in total. The molecule has 0 spiro atoms. The lowest BCUT2D eigenvalue weighted by Gasteiger charge is -2.23. The molecule has 0 aliphatic carbocycles. The Bertz CT molecular complexity index is 567. The van der Waals surface area contributed by atoms with E-state index in [0.29, 0.717) is 5.41 Å². The van der Waals surface area contributed by atoms with Gasteiger partial charge in [-0.3, -0.25) is 0 Å². The minimum absolute atomic E-state index is 0.439. The molecule has 0 saturated heterocycles. The van der Waals surface area contributed by atoms with E-state index in [2.05, 4.69) is 83.1 Å². The average Bonchev–Trinajstić information content (AvgIpc) is 2.45. The van der Waals surface area contributed by atoms with Crippen LogP contribution in [0, 0.1) is 18.3 Å². The van der Waals surface area contributed by atoms with Gasteiger partial charge in [-0.15, -0.1) is 0 Å². The van der Waals surface area contributed by atoms with Crippen molar-refractivity contribution in [2.45, 2.75) is 53.9 Å². The highest BCUT2D eigenvalue weighted by Crippen LogP contribution is 2.27. The second-order valence-electron chi connectivity index (χ2n) is 7.97. The summed E-state index contributed by atoms with van der Waals surface area (Å²) in [6.45, 7) is 11.5. The Morgan fingerprint density at radius 3 is 1.82 bits per heavy atom. The van der Waals surface area contributed by atoms with Crippen LogP contribution in [0.3, 0.4) is 0 Å². The summed E-state index contributed by atoms with van der Waals surface area (Å²) in [4.78, 5) is 0. The third-order valence-electron chi connectivity index (χ3n) is 4.23. The van der Waals surface area contributed by atoms with Crippen molar-refractivity contribution in [3.8, 4) is 11.1 Å². The van der Waals surface area contributed by atoms with Crippen LogP contribution in [-0.2, 0) is 6.42 Å². The van der Waals surface area contributed by atoms with Crippen molar-refractivity contribution in [2.75, 3.05) is 0 Å². The Morgan fingerprint density at radius 2 is 1.32 bits per heavy atom. The first-order valence-electron chi connectivity index (χ1n) is 8.49. The van der Waals surface area contributed by atoms with E-state index in [0.717, 1.165) is 5.92 Å². The zero-order valence-electron chi connectivity index (χ0n) is 14.8. The molecule has 0 radical (unpaired) electrons. The summed E-state index contributed by atoms with van der Waals surface area (Å²) in [5.74, 6) is 0.789. The molecule has 0 heterocycles. The van der Waals surface area contributed by atoms with Crippen molar-refractivity contribution in [1.29, 1.82) is 0 Å². The molecule has 0 saturated carbocycles. The van der Waals surface area contributed by atoms with Gasteiger partial charge in [0.15, 0.2) is 0 Å². The van der Waals surface area contributed by atoms with Crippen LogP contribution in [-0.4, -0.2) is 0 Å². The van der Waals surface area contributed by atoms with Crippen molar-refractivity contribution < 1.29 is 0 Å². The Kier molecular flexibility index (Phi) is 5.45. The van der Waals surface area contributed by atoms with Gasteiger partial charge in [-0.2, -0.15) is 0 Å². The summed E-state index contributed by atoms with van der Waals surface area (Å²) >= 11 is 0. The van der Waals surface area contributed by atoms with Crippen LogP contribution in [0.1, 0.15) is 51.7 Å². The fourth-order valence-electron chi connectivity index (χ4n) is 3.17. The fraction of sp³-hybridized carbons (Fsp3) is 0.455. The first kappa shape index (κ1) is 16.8. The molecule has 0 amide bonds. The largest absolute Gasteiger partial charge is 0.0625 e. The summed E-state index contributed by atoms with van der Waals surface area (Å²) in [5.41, 5.74) is 5.82. The van der Waals surface area contributed by atoms with E-state index in [1.807, 2.05) is 0 Å². The van der Waals surface area contributed by atoms with Crippen LogP contribution in [0.4, 0.5) is 0 Å². The predicted molar refractivity (Wildman–Crippen MR) is 98.2 cm³/mol. The van der Waals surface area contributed by atoms with Gasteiger partial charge < -0.3 is 0 Å². The van der Waals surface area contributed by atoms with Crippen LogP contribution >= 0.6 is 0 Å². The highest BCUT2D eigenvalue weighted by molar-refractivity contribution is 5.63. The van der Waals surface area contributed by atoms with Crippen molar-refractivity contribution >= 4 is 0 Å². The summed E-state index contributed by atoms with van der Waals surface area (Å²) in [5, 5.41) is 0. The van der Waals surface area contributed by atoms with Crippen LogP contribution in [0.25, 0.3) is 11.1 Å². The Labute approximate surface area is 136 Å². The molecule has 0 aliphatic rings. The van der Waals surface area contributed by atoms with E-state index in [1.165, 1.54) is 41.5 Å². The van der Waals surface area contributed by atoms with Gasteiger partial charge in [-0.05, 0) is 54.2 Å². The number of hydrogen-bond donors (Lipinski definition) is 0. The Morgan fingerprint density at radius 1 is 0.818 bits per heavy atom. The topological polar surface area (TPSA) is 0 Å². The SMILES string of the molecule is Cc1ccc(-c2ccc(CCC(C)CC(C)(C)C)cc2)cc1. The van der Waals surface area contributed by atoms with Crippen LogP contribution in [0.2, 0.25) is 0 Å². The summed E-state index contributed by atoms with van der Waals surface area (Å²) < 4.78 is 0. The van der Waals surface area contributed by atoms with Crippen molar-refractivity contribution in [3.63, 3.8) is 0 Å². The second-order valence-corrected chi connectivity index (χ2v) is 7.97. The second kappa shape index (κ2) is 7.13. The summed E-state index contributed by atoms with van der Waals surface area (Å²) in [6.07, 6.45) is 3.76.